The summed E-state index contributed by atoms with van der Waals surface area (Å²) in [5.41, 5.74) is -0.0298. The van der Waals surface area contributed by atoms with Gasteiger partial charge in [0.2, 0.25) is 5.89 Å². The number of nitro benzene ring substituents is 1. The second kappa shape index (κ2) is 5.14. The van der Waals surface area contributed by atoms with Crippen LogP contribution in [0.4, 0.5) is 11.4 Å². The van der Waals surface area contributed by atoms with Gasteiger partial charge in [0.1, 0.15) is 17.3 Å². The molecule has 0 radical (unpaired) electrons. The summed E-state index contributed by atoms with van der Waals surface area (Å²) in [4.78, 5) is 14.4. The minimum atomic E-state index is -0.597. The molecule has 96 valence electrons. The Morgan fingerprint density at radius 3 is 2.95 bits per heavy atom. The first-order valence-corrected chi connectivity index (χ1v) is 5.32. The Morgan fingerprint density at radius 1 is 1.58 bits per heavy atom. The maximum absolute atomic E-state index is 11.0. The fourth-order valence-electron chi connectivity index (χ4n) is 1.56. The van der Waals surface area contributed by atoms with Gasteiger partial charge in [0.25, 0.3) is 0 Å². The molecule has 0 saturated carbocycles. The molecular formula is C11H9N5O3. The first-order valence-electron chi connectivity index (χ1n) is 5.32. The Kier molecular flexibility index (Phi) is 3.38. The van der Waals surface area contributed by atoms with Gasteiger partial charge in [0, 0.05) is 0 Å². The van der Waals surface area contributed by atoms with Crippen molar-refractivity contribution in [2.75, 3.05) is 5.32 Å². The van der Waals surface area contributed by atoms with E-state index in [1.54, 1.807) is 19.1 Å². The minimum absolute atomic E-state index is 0.00305. The van der Waals surface area contributed by atoms with Crippen molar-refractivity contribution < 1.29 is 9.45 Å². The molecule has 1 aromatic heterocycles. The molecule has 19 heavy (non-hydrogen) atoms. The van der Waals surface area contributed by atoms with E-state index in [0.29, 0.717) is 11.7 Å². The highest BCUT2D eigenvalue weighted by molar-refractivity contribution is 5.68. The molecule has 2 rings (SSSR count). The summed E-state index contributed by atoms with van der Waals surface area (Å²) in [6, 6.07) is 6.25. The quantitative estimate of drug-likeness (QED) is 0.656. The predicted octanol–water partition coefficient (Wildman–Crippen LogP) is 1.77. The Balaban J connectivity index is 2.25. The molecule has 0 bridgehead atoms. The van der Waals surface area contributed by atoms with Gasteiger partial charge in [-0.3, -0.25) is 10.1 Å². The average Bonchev–Trinajstić information content (AvgIpc) is 2.81. The molecule has 1 N–H and O–H groups in total. The van der Waals surface area contributed by atoms with Crippen molar-refractivity contribution in [1.82, 2.24) is 10.1 Å². The first kappa shape index (κ1) is 12.5. The van der Waals surface area contributed by atoms with Crippen LogP contribution in [0.1, 0.15) is 17.3 Å². The Labute approximate surface area is 107 Å². The third-order valence-corrected chi connectivity index (χ3v) is 2.34. The molecule has 1 aromatic carbocycles. The zero-order valence-corrected chi connectivity index (χ0v) is 9.95. The highest BCUT2D eigenvalue weighted by Crippen LogP contribution is 2.28. The molecule has 0 saturated heterocycles. The molecule has 8 nitrogen and oxygen atoms in total. The number of nitrogens with one attached hydrogen (secondary N) is 1. The standard InChI is InChI=1S/C11H9N5O3/c1-7-14-10(19-15-7)6-13-9-4-2-3-8(5-12)11(9)16(17)18/h2-4,13H,6H2,1H3. The predicted molar refractivity (Wildman–Crippen MR) is 64.2 cm³/mol. The van der Waals surface area contributed by atoms with Crippen LogP contribution in [-0.4, -0.2) is 15.1 Å². The number of anilines is 1. The molecule has 0 aliphatic heterocycles. The third kappa shape index (κ3) is 2.66. The van der Waals surface area contributed by atoms with E-state index in [2.05, 4.69) is 15.5 Å². The molecule has 0 unspecified atom stereocenters. The molecule has 0 aliphatic rings. The molecule has 0 amide bonds. The molecule has 0 fully saturated rings. The second-order valence-electron chi connectivity index (χ2n) is 3.66. The number of hydrogen-bond acceptors (Lipinski definition) is 7. The lowest BCUT2D eigenvalue weighted by Crippen LogP contribution is -2.04. The molecule has 1 heterocycles. The Hall–Kier alpha value is -2.95. The number of hydrogen-bond donors (Lipinski definition) is 1. The zero-order valence-electron chi connectivity index (χ0n) is 9.95. The monoisotopic (exact) mass is 259 g/mol. The van der Waals surface area contributed by atoms with Gasteiger partial charge in [0.15, 0.2) is 5.82 Å². The number of rotatable bonds is 4. The van der Waals surface area contributed by atoms with Crippen LogP contribution < -0.4 is 5.32 Å². The highest BCUT2D eigenvalue weighted by Gasteiger charge is 2.19. The van der Waals surface area contributed by atoms with Crippen molar-refractivity contribution in [3.05, 3.63) is 45.6 Å². The van der Waals surface area contributed by atoms with Crippen LogP contribution >= 0.6 is 0 Å². The van der Waals surface area contributed by atoms with E-state index in [9.17, 15) is 10.1 Å². The number of nitriles is 1. The van der Waals surface area contributed by atoms with Crippen LogP contribution in [-0.2, 0) is 6.54 Å². The van der Waals surface area contributed by atoms with E-state index in [1.165, 1.54) is 12.1 Å². The lowest BCUT2D eigenvalue weighted by atomic mass is 10.1. The van der Waals surface area contributed by atoms with Crippen LogP contribution in [0.25, 0.3) is 0 Å². The maximum Gasteiger partial charge on any atom is 0.309 e. The van der Waals surface area contributed by atoms with Crippen molar-refractivity contribution in [3.63, 3.8) is 0 Å². The number of benzene rings is 1. The lowest BCUT2D eigenvalue weighted by Gasteiger charge is -2.05. The van der Waals surface area contributed by atoms with Gasteiger partial charge < -0.3 is 9.84 Å². The normalized spacial score (nSPS) is 9.89. The number of nitro groups is 1. The molecule has 0 spiro atoms. The van der Waals surface area contributed by atoms with Crippen molar-refractivity contribution >= 4 is 11.4 Å². The molecule has 0 aliphatic carbocycles. The fraction of sp³-hybridized carbons (Fsp3) is 0.182. The molecular weight excluding hydrogens is 250 g/mol. The SMILES string of the molecule is Cc1noc(CNc2cccc(C#N)c2[N+](=O)[O-])n1. The summed E-state index contributed by atoms with van der Waals surface area (Å²) in [5.74, 6) is 0.797. The van der Waals surface area contributed by atoms with Crippen molar-refractivity contribution in [2.24, 2.45) is 0 Å². The van der Waals surface area contributed by atoms with Gasteiger partial charge in [-0.15, -0.1) is 0 Å². The maximum atomic E-state index is 11.0. The highest BCUT2D eigenvalue weighted by atomic mass is 16.6. The molecule has 8 heteroatoms. The van der Waals surface area contributed by atoms with E-state index in [-0.39, 0.29) is 23.5 Å². The van der Waals surface area contributed by atoms with Crippen LogP contribution in [0.15, 0.2) is 22.7 Å². The lowest BCUT2D eigenvalue weighted by molar-refractivity contribution is -0.384. The average molecular weight is 259 g/mol. The number of nitrogens with zero attached hydrogens (tertiary/aromatic N) is 4. The van der Waals surface area contributed by atoms with Crippen molar-refractivity contribution in [2.45, 2.75) is 13.5 Å². The summed E-state index contributed by atoms with van der Waals surface area (Å²) in [6.07, 6.45) is 0. The van der Waals surface area contributed by atoms with Crippen LogP contribution in [0.3, 0.4) is 0 Å². The zero-order chi connectivity index (χ0) is 13.8. The van der Waals surface area contributed by atoms with Gasteiger partial charge >= 0.3 is 5.69 Å². The smallest absolute Gasteiger partial charge is 0.309 e. The van der Waals surface area contributed by atoms with Gasteiger partial charge in [0.05, 0.1) is 11.5 Å². The number of aryl methyl sites for hydroxylation is 1. The summed E-state index contributed by atoms with van der Waals surface area (Å²) in [6.45, 7) is 1.82. The largest absolute Gasteiger partial charge is 0.371 e. The topological polar surface area (TPSA) is 118 Å². The molecule has 0 atom stereocenters. The Bertz CT molecular complexity index is 659. The van der Waals surface area contributed by atoms with E-state index < -0.39 is 4.92 Å². The van der Waals surface area contributed by atoms with Gasteiger partial charge in [-0.25, -0.2) is 0 Å². The Morgan fingerprint density at radius 2 is 2.37 bits per heavy atom. The van der Waals surface area contributed by atoms with Gasteiger partial charge in [-0.2, -0.15) is 10.2 Å². The number of para-hydroxylation sites is 1. The summed E-state index contributed by atoms with van der Waals surface area (Å²) < 4.78 is 4.88. The fourth-order valence-corrected chi connectivity index (χ4v) is 1.56. The van der Waals surface area contributed by atoms with Crippen LogP contribution in [0.5, 0.6) is 0 Å². The van der Waals surface area contributed by atoms with Crippen LogP contribution in [0, 0.1) is 28.4 Å². The van der Waals surface area contributed by atoms with Crippen molar-refractivity contribution in [3.8, 4) is 6.07 Å². The second-order valence-corrected chi connectivity index (χ2v) is 3.66. The van der Waals surface area contributed by atoms with Gasteiger partial charge in [-0.1, -0.05) is 11.2 Å². The summed E-state index contributed by atoms with van der Waals surface area (Å²) in [7, 11) is 0. The van der Waals surface area contributed by atoms with Crippen LogP contribution in [0.2, 0.25) is 0 Å². The first-order chi connectivity index (χ1) is 9.11. The van der Waals surface area contributed by atoms with Gasteiger partial charge in [-0.05, 0) is 19.1 Å². The number of aromatic nitrogens is 2. The van der Waals surface area contributed by atoms with Crippen molar-refractivity contribution in [1.29, 1.82) is 5.26 Å². The third-order valence-electron chi connectivity index (χ3n) is 2.34. The van der Waals surface area contributed by atoms with E-state index in [0.717, 1.165) is 0 Å². The molecule has 2 aromatic rings. The summed E-state index contributed by atoms with van der Waals surface area (Å²) >= 11 is 0. The van der Waals surface area contributed by atoms with E-state index >= 15 is 0 Å². The van der Waals surface area contributed by atoms with E-state index in [1.807, 2.05) is 0 Å². The van der Waals surface area contributed by atoms with E-state index in [4.69, 9.17) is 9.78 Å². The minimum Gasteiger partial charge on any atom is -0.371 e. The summed E-state index contributed by atoms with van der Waals surface area (Å²) in [5, 5.41) is 26.3.